The van der Waals surface area contributed by atoms with Crippen LogP contribution in [-0.4, -0.2) is 15.8 Å². The van der Waals surface area contributed by atoms with E-state index < -0.39 is 6.10 Å². The molecule has 0 saturated heterocycles. The van der Waals surface area contributed by atoms with E-state index in [1.165, 1.54) is 31.7 Å². The van der Waals surface area contributed by atoms with Gasteiger partial charge in [0, 0.05) is 11.8 Å². The molecular formula is C14H19NO3S. The van der Waals surface area contributed by atoms with E-state index in [2.05, 4.69) is 0 Å². The molecule has 1 aromatic carbocycles. The number of hydrogen-bond donors (Lipinski definition) is 1. The van der Waals surface area contributed by atoms with Gasteiger partial charge in [-0.15, -0.1) is 11.8 Å². The molecule has 1 N–H and O–H groups in total. The number of aliphatic hydroxyl groups excluding tert-OH is 1. The zero-order valence-electron chi connectivity index (χ0n) is 11.0. The molecule has 1 fully saturated rings. The maximum absolute atomic E-state index is 11.1. The summed E-state index contributed by atoms with van der Waals surface area (Å²) in [6.45, 7) is 1.62. The standard InChI is InChI=1S/C14H19NO3S/c1-10(16)12-6-7-14(13(8-12)15(17)18)19-9-11-4-2-3-5-11/h6-8,10-11,16H,2-5,9H2,1H3/t10-/m1/s1. The van der Waals surface area contributed by atoms with Crippen LogP contribution in [0.15, 0.2) is 23.1 Å². The van der Waals surface area contributed by atoms with Gasteiger partial charge < -0.3 is 5.11 Å². The molecule has 4 nitrogen and oxygen atoms in total. The molecular weight excluding hydrogens is 262 g/mol. The molecule has 0 radical (unpaired) electrons. The lowest BCUT2D eigenvalue weighted by Crippen LogP contribution is -1.99. The highest BCUT2D eigenvalue weighted by Crippen LogP contribution is 2.36. The molecule has 0 aliphatic heterocycles. The van der Waals surface area contributed by atoms with Gasteiger partial charge in [0.25, 0.3) is 5.69 Å². The van der Waals surface area contributed by atoms with E-state index in [1.807, 2.05) is 0 Å². The SMILES string of the molecule is C[C@@H](O)c1ccc(SCC2CCCC2)c([N+](=O)[O-])c1. The predicted octanol–water partition coefficient (Wildman–Crippen LogP) is 3.93. The molecule has 5 heteroatoms. The maximum atomic E-state index is 11.1. The van der Waals surface area contributed by atoms with Crippen LogP contribution in [0.1, 0.15) is 44.3 Å². The van der Waals surface area contributed by atoms with Gasteiger partial charge in [0.2, 0.25) is 0 Å². The Morgan fingerprint density at radius 1 is 1.47 bits per heavy atom. The number of nitrogens with zero attached hydrogens (tertiary/aromatic N) is 1. The first-order chi connectivity index (χ1) is 9.08. The van der Waals surface area contributed by atoms with Crippen molar-refractivity contribution >= 4 is 17.4 Å². The third kappa shape index (κ3) is 3.70. The van der Waals surface area contributed by atoms with Gasteiger partial charge in [0.15, 0.2) is 0 Å². The van der Waals surface area contributed by atoms with Gasteiger partial charge >= 0.3 is 0 Å². The molecule has 1 atom stereocenters. The van der Waals surface area contributed by atoms with E-state index in [4.69, 9.17) is 0 Å². The summed E-state index contributed by atoms with van der Waals surface area (Å²) in [5.41, 5.74) is 0.707. The van der Waals surface area contributed by atoms with E-state index in [0.717, 1.165) is 5.75 Å². The van der Waals surface area contributed by atoms with Crippen LogP contribution in [-0.2, 0) is 0 Å². The second-order valence-electron chi connectivity index (χ2n) is 5.12. The van der Waals surface area contributed by atoms with Crippen molar-refractivity contribution in [3.05, 3.63) is 33.9 Å². The Bertz CT molecular complexity index is 456. The van der Waals surface area contributed by atoms with Crippen LogP contribution in [0.25, 0.3) is 0 Å². The summed E-state index contributed by atoms with van der Waals surface area (Å²) in [6, 6.07) is 5.02. The van der Waals surface area contributed by atoms with Crippen molar-refractivity contribution < 1.29 is 10.0 Å². The number of benzene rings is 1. The van der Waals surface area contributed by atoms with Crippen molar-refractivity contribution in [3.8, 4) is 0 Å². The van der Waals surface area contributed by atoms with Gasteiger partial charge in [-0.05, 0) is 37.3 Å². The van der Waals surface area contributed by atoms with Gasteiger partial charge in [-0.1, -0.05) is 18.9 Å². The number of thioether (sulfide) groups is 1. The Labute approximate surface area is 117 Å². The van der Waals surface area contributed by atoms with Crippen molar-refractivity contribution in [1.29, 1.82) is 0 Å². The molecule has 104 valence electrons. The Morgan fingerprint density at radius 2 is 2.16 bits per heavy atom. The van der Waals surface area contributed by atoms with Crippen molar-refractivity contribution in [3.63, 3.8) is 0 Å². The molecule has 0 spiro atoms. The van der Waals surface area contributed by atoms with E-state index >= 15 is 0 Å². The minimum absolute atomic E-state index is 0.112. The molecule has 0 unspecified atom stereocenters. The zero-order chi connectivity index (χ0) is 13.8. The first kappa shape index (κ1) is 14.3. The van der Waals surface area contributed by atoms with Crippen LogP contribution in [0.3, 0.4) is 0 Å². The summed E-state index contributed by atoms with van der Waals surface area (Å²) in [7, 11) is 0. The molecule has 0 amide bonds. The monoisotopic (exact) mass is 281 g/mol. The number of nitro groups is 1. The zero-order valence-corrected chi connectivity index (χ0v) is 11.9. The highest BCUT2D eigenvalue weighted by Gasteiger charge is 2.20. The summed E-state index contributed by atoms with van der Waals surface area (Å²) in [5.74, 6) is 1.65. The van der Waals surface area contributed by atoms with Crippen molar-refractivity contribution in [2.24, 2.45) is 5.92 Å². The number of rotatable bonds is 5. The topological polar surface area (TPSA) is 63.4 Å². The summed E-state index contributed by atoms with van der Waals surface area (Å²) in [4.78, 5) is 11.5. The number of hydrogen-bond acceptors (Lipinski definition) is 4. The highest BCUT2D eigenvalue weighted by molar-refractivity contribution is 7.99. The van der Waals surface area contributed by atoms with Gasteiger partial charge in [0.1, 0.15) is 0 Å². The fourth-order valence-corrected chi connectivity index (χ4v) is 3.64. The lowest BCUT2D eigenvalue weighted by atomic mass is 10.1. The Balaban J connectivity index is 2.11. The van der Waals surface area contributed by atoms with Crippen molar-refractivity contribution in [2.45, 2.75) is 43.6 Å². The highest BCUT2D eigenvalue weighted by atomic mass is 32.2. The third-order valence-electron chi connectivity index (χ3n) is 3.61. The number of nitro benzene ring substituents is 1. The van der Waals surface area contributed by atoms with E-state index in [-0.39, 0.29) is 10.6 Å². The van der Waals surface area contributed by atoms with E-state index in [0.29, 0.717) is 16.4 Å². The molecule has 0 aromatic heterocycles. The fourth-order valence-electron chi connectivity index (χ4n) is 2.44. The van der Waals surface area contributed by atoms with Crippen LogP contribution in [0, 0.1) is 16.0 Å². The lowest BCUT2D eigenvalue weighted by molar-refractivity contribution is -0.387. The molecule has 1 aliphatic carbocycles. The van der Waals surface area contributed by atoms with Crippen LogP contribution < -0.4 is 0 Å². The van der Waals surface area contributed by atoms with Gasteiger partial charge in [-0.2, -0.15) is 0 Å². The third-order valence-corrected chi connectivity index (χ3v) is 4.91. The molecule has 1 saturated carbocycles. The number of aliphatic hydroxyl groups is 1. The molecule has 19 heavy (non-hydrogen) atoms. The van der Waals surface area contributed by atoms with E-state index in [9.17, 15) is 15.2 Å². The Morgan fingerprint density at radius 3 is 2.74 bits per heavy atom. The summed E-state index contributed by atoms with van der Waals surface area (Å²) in [5, 5.41) is 20.6. The van der Waals surface area contributed by atoms with Crippen LogP contribution >= 0.6 is 11.8 Å². The van der Waals surface area contributed by atoms with Crippen LogP contribution in [0.5, 0.6) is 0 Å². The van der Waals surface area contributed by atoms with Crippen molar-refractivity contribution in [2.75, 3.05) is 5.75 Å². The molecule has 1 aliphatic rings. The Hall–Kier alpha value is -1.07. The minimum Gasteiger partial charge on any atom is -0.389 e. The second-order valence-corrected chi connectivity index (χ2v) is 6.18. The predicted molar refractivity (Wildman–Crippen MR) is 76.4 cm³/mol. The smallest absolute Gasteiger partial charge is 0.283 e. The normalized spacial score (nSPS) is 17.6. The van der Waals surface area contributed by atoms with Crippen molar-refractivity contribution in [1.82, 2.24) is 0 Å². The fraction of sp³-hybridized carbons (Fsp3) is 0.571. The van der Waals surface area contributed by atoms with Gasteiger partial charge in [-0.25, -0.2) is 0 Å². The largest absolute Gasteiger partial charge is 0.389 e. The molecule has 2 rings (SSSR count). The first-order valence-electron chi connectivity index (χ1n) is 6.67. The lowest BCUT2D eigenvalue weighted by Gasteiger charge is -2.10. The second kappa shape index (κ2) is 6.39. The molecule has 0 bridgehead atoms. The average molecular weight is 281 g/mol. The van der Waals surface area contributed by atoms with Gasteiger partial charge in [-0.3, -0.25) is 10.1 Å². The van der Waals surface area contributed by atoms with Gasteiger partial charge in [0.05, 0.1) is 15.9 Å². The Kier molecular flexibility index (Phi) is 4.82. The minimum atomic E-state index is -0.674. The quantitative estimate of drug-likeness (QED) is 0.504. The maximum Gasteiger partial charge on any atom is 0.283 e. The van der Waals surface area contributed by atoms with Crippen LogP contribution in [0.2, 0.25) is 0 Å². The summed E-state index contributed by atoms with van der Waals surface area (Å²) < 4.78 is 0. The first-order valence-corrected chi connectivity index (χ1v) is 7.65. The average Bonchev–Trinajstić information content (AvgIpc) is 2.89. The van der Waals surface area contributed by atoms with E-state index in [1.54, 1.807) is 30.8 Å². The molecule has 0 heterocycles. The summed E-state index contributed by atoms with van der Waals surface area (Å²) >= 11 is 1.57. The summed E-state index contributed by atoms with van der Waals surface area (Å²) in [6.07, 6.45) is 4.38. The molecule has 1 aromatic rings. The van der Waals surface area contributed by atoms with Crippen LogP contribution in [0.4, 0.5) is 5.69 Å².